The van der Waals surface area contributed by atoms with E-state index in [-0.39, 0.29) is 11.7 Å². The van der Waals surface area contributed by atoms with Crippen LogP contribution in [-0.4, -0.2) is 11.7 Å². The maximum Gasteiger partial charge on any atom is 0.256 e. The molecule has 26 heavy (non-hydrogen) atoms. The van der Waals surface area contributed by atoms with Gasteiger partial charge in [-0.15, -0.1) is 0 Å². The van der Waals surface area contributed by atoms with Crippen LogP contribution in [0.15, 0.2) is 45.7 Å². The minimum atomic E-state index is -0.134. The van der Waals surface area contributed by atoms with Crippen molar-refractivity contribution in [3.63, 3.8) is 0 Å². The number of ketones is 1. The molecule has 1 aliphatic carbocycles. The highest BCUT2D eigenvalue weighted by Crippen LogP contribution is 2.40. The van der Waals surface area contributed by atoms with E-state index in [2.05, 4.69) is 59.0 Å². The van der Waals surface area contributed by atoms with Gasteiger partial charge in [-0.05, 0) is 48.7 Å². The molecule has 0 radical (unpaired) electrons. The van der Waals surface area contributed by atoms with E-state index < -0.39 is 0 Å². The fourth-order valence-corrected chi connectivity index (χ4v) is 3.37. The highest BCUT2D eigenvalue weighted by atomic mass is 16.2. The summed E-state index contributed by atoms with van der Waals surface area (Å²) in [7, 11) is 0. The van der Waals surface area contributed by atoms with E-state index >= 15 is 0 Å². The Morgan fingerprint density at radius 3 is 1.85 bits per heavy atom. The lowest BCUT2D eigenvalue weighted by Crippen LogP contribution is -2.19. The van der Waals surface area contributed by atoms with E-state index in [9.17, 15) is 9.59 Å². The Morgan fingerprint density at radius 2 is 1.35 bits per heavy atom. The molecule has 1 aliphatic heterocycles. The van der Waals surface area contributed by atoms with Gasteiger partial charge in [0.2, 0.25) is 0 Å². The number of carbonyl (C=O) groups is 2. The average molecular weight is 356 g/mol. The van der Waals surface area contributed by atoms with Gasteiger partial charge in [-0.1, -0.05) is 59.3 Å². The van der Waals surface area contributed by atoms with Gasteiger partial charge in [0.1, 0.15) is 0 Å². The first kappa shape index (κ1) is 20.4. The second-order valence-corrected chi connectivity index (χ2v) is 8.56. The van der Waals surface area contributed by atoms with Gasteiger partial charge in [0, 0.05) is 6.42 Å². The molecule has 0 bridgehead atoms. The van der Waals surface area contributed by atoms with E-state index in [1.54, 1.807) is 0 Å². The molecule has 0 aromatic rings. The normalized spacial score (nSPS) is 21.2. The number of nitrogens with one attached hydrogen (secondary N) is 1. The summed E-state index contributed by atoms with van der Waals surface area (Å²) >= 11 is 0. The summed E-state index contributed by atoms with van der Waals surface area (Å²) in [6.07, 6.45) is 4.69. The second-order valence-electron chi connectivity index (χ2n) is 8.56. The summed E-state index contributed by atoms with van der Waals surface area (Å²) < 4.78 is 0. The molecule has 0 aromatic carbocycles. The summed E-state index contributed by atoms with van der Waals surface area (Å²) in [6, 6.07) is 0. The number of fused-ring (bicyclic) bond motifs is 1. The topological polar surface area (TPSA) is 46.2 Å². The summed E-state index contributed by atoms with van der Waals surface area (Å²) in [6.45, 7) is 17.1. The van der Waals surface area contributed by atoms with Crippen LogP contribution in [0.3, 0.4) is 0 Å². The van der Waals surface area contributed by atoms with Crippen LogP contribution >= 0.6 is 0 Å². The van der Waals surface area contributed by atoms with Crippen molar-refractivity contribution >= 4 is 11.7 Å². The molecule has 0 spiro atoms. The van der Waals surface area contributed by atoms with Crippen molar-refractivity contribution in [2.75, 3.05) is 0 Å². The Kier molecular flexibility index (Phi) is 6.10. The van der Waals surface area contributed by atoms with E-state index in [4.69, 9.17) is 0 Å². The fourth-order valence-electron chi connectivity index (χ4n) is 3.37. The Bertz CT molecular complexity index is 680. The first-order valence-electron chi connectivity index (χ1n) is 9.74. The van der Waals surface area contributed by atoms with E-state index in [0.29, 0.717) is 46.9 Å². The Balaban J connectivity index is 2.49. The Labute approximate surface area is 158 Å². The Hall–Kier alpha value is -1.90. The molecule has 2 rings (SSSR count). The molecule has 142 valence electrons. The number of hydrogen-bond donors (Lipinski definition) is 1. The van der Waals surface area contributed by atoms with Gasteiger partial charge in [0.05, 0.1) is 16.8 Å². The maximum atomic E-state index is 12.7. The van der Waals surface area contributed by atoms with Crippen LogP contribution in [0.5, 0.6) is 0 Å². The van der Waals surface area contributed by atoms with Crippen molar-refractivity contribution < 1.29 is 9.59 Å². The number of carbonyl (C=O) groups excluding carboxylic acids is 2. The zero-order valence-electron chi connectivity index (χ0n) is 17.5. The highest BCUT2D eigenvalue weighted by molar-refractivity contribution is 6.21. The van der Waals surface area contributed by atoms with Crippen LogP contribution in [-0.2, 0) is 9.59 Å². The highest BCUT2D eigenvalue weighted by Gasteiger charge is 2.40. The van der Waals surface area contributed by atoms with E-state index in [1.165, 1.54) is 0 Å². The molecular formula is C23H33NO2. The standard InChI is InChI=1S/C23H33NO2/c1-12(2)14(5)9-16(7)18-11-19(25)21-20(18)23(26)24-22(21)17(8)10-15(6)13(3)4/h9-10,12-15H,11H2,1-8H3,(H,24,26)/b16-9-,17-10-. The third-order valence-electron chi connectivity index (χ3n) is 5.88. The van der Waals surface area contributed by atoms with Gasteiger partial charge >= 0.3 is 0 Å². The number of Topliss-reactive ketones (excluding diaryl/α,β-unsaturated/α-hetero) is 1. The van der Waals surface area contributed by atoms with Gasteiger partial charge in [-0.2, -0.15) is 0 Å². The van der Waals surface area contributed by atoms with Crippen molar-refractivity contribution in [1.82, 2.24) is 5.32 Å². The number of rotatable bonds is 6. The fraction of sp³-hybridized carbons (Fsp3) is 0.565. The molecule has 1 heterocycles. The molecule has 1 amide bonds. The second kappa shape index (κ2) is 7.77. The van der Waals surface area contributed by atoms with Crippen molar-refractivity contribution in [2.45, 2.75) is 61.8 Å². The smallest absolute Gasteiger partial charge is 0.256 e. The Morgan fingerprint density at radius 1 is 0.846 bits per heavy atom. The van der Waals surface area contributed by atoms with Gasteiger partial charge in [-0.25, -0.2) is 0 Å². The molecule has 2 aliphatic rings. The minimum absolute atomic E-state index is 0.0539. The van der Waals surface area contributed by atoms with E-state index in [0.717, 1.165) is 16.7 Å². The summed E-state index contributed by atoms with van der Waals surface area (Å²) in [4.78, 5) is 25.4. The molecule has 3 heteroatoms. The third kappa shape index (κ3) is 3.92. The molecule has 2 atom stereocenters. The molecule has 2 unspecified atom stereocenters. The van der Waals surface area contributed by atoms with Gasteiger partial charge in [0.25, 0.3) is 5.91 Å². The molecule has 0 saturated heterocycles. The van der Waals surface area contributed by atoms with Crippen LogP contribution in [0.1, 0.15) is 61.8 Å². The van der Waals surface area contributed by atoms with Crippen LogP contribution in [0.25, 0.3) is 0 Å². The first-order chi connectivity index (χ1) is 12.0. The minimum Gasteiger partial charge on any atom is -0.321 e. The molecule has 3 nitrogen and oxygen atoms in total. The van der Waals surface area contributed by atoms with Gasteiger partial charge in [-0.3, -0.25) is 9.59 Å². The number of amides is 1. The SMILES string of the molecule is C/C(=C/C(C)C(C)C)C1=C2C(=O)NC(/C(C)=C\C(C)C(C)C)=C2C(=O)C1. The summed E-state index contributed by atoms with van der Waals surface area (Å²) in [5.74, 6) is 1.75. The zero-order valence-corrected chi connectivity index (χ0v) is 17.5. The summed E-state index contributed by atoms with van der Waals surface area (Å²) in [5.41, 5.74) is 4.84. The van der Waals surface area contributed by atoms with Gasteiger partial charge < -0.3 is 5.32 Å². The lowest BCUT2D eigenvalue weighted by atomic mass is 9.92. The first-order valence-corrected chi connectivity index (χ1v) is 9.74. The largest absolute Gasteiger partial charge is 0.321 e. The quantitative estimate of drug-likeness (QED) is 0.719. The molecule has 1 N–H and O–H groups in total. The van der Waals surface area contributed by atoms with Crippen molar-refractivity contribution in [1.29, 1.82) is 0 Å². The van der Waals surface area contributed by atoms with Gasteiger partial charge in [0.15, 0.2) is 5.78 Å². The number of allylic oxidation sites excluding steroid dienone is 5. The summed E-state index contributed by atoms with van der Waals surface area (Å²) in [5, 5.41) is 2.96. The monoisotopic (exact) mass is 355 g/mol. The van der Waals surface area contributed by atoms with Crippen LogP contribution in [0.2, 0.25) is 0 Å². The predicted octanol–water partition coefficient (Wildman–Crippen LogP) is 5.12. The lowest BCUT2D eigenvalue weighted by Gasteiger charge is -2.14. The molecule has 0 saturated carbocycles. The van der Waals surface area contributed by atoms with Crippen molar-refractivity contribution in [2.24, 2.45) is 23.7 Å². The van der Waals surface area contributed by atoms with Crippen LogP contribution < -0.4 is 5.32 Å². The van der Waals surface area contributed by atoms with Crippen LogP contribution in [0, 0.1) is 23.7 Å². The van der Waals surface area contributed by atoms with Crippen molar-refractivity contribution in [3.05, 3.63) is 45.7 Å². The van der Waals surface area contributed by atoms with Crippen LogP contribution in [0.4, 0.5) is 0 Å². The lowest BCUT2D eigenvalue weighted by molar-refractivity contribution is -0.116. The maximum absolute atomic E-state index is 12.7. The number of hydrogen-bond acceptors (Lipinski definition) is 2. The predicted molar refractivity (Wildman–Crippen MR) is 107 cm³/mol. The zero-order chi connectivity index (χ0) is 19.8. The molecule has 0 aromatic heterocycles. The average Bonchev–Trinajstić information content (AvgIpc) is 3.06. The van der Waals surface area contributed by atoms with E-state index in [1.807, 2.05) is 13.8 Å². The molecular weight excluding hydrogens is 322 g/mol. The third-order valence-corrected chi connectivity index (χ3v) is 5.88. The van der Waals surface area contributed by atoms with Crippen molar-refractivity contribution in [3.8, 4) is 0 Å². The molecule has 0 fully saturated rings.